The van der Waals surface area contributed by atoms with Crippen LogP contribution in [0.2, 0.25) is 0 Å². The van der Waals surface area contributed by atoms with Crippen LogP contribution in [-0.4, -0.2) is 21.0 Å². The smallest absolute Gasteiger partial charge is 0.258 e. The molecule has 3 aromatic rings. The van der Waals surface area contributed by atoms with Gasteiger partial charge in [0.1, 0.15) is 0 Å². The number of nitrogens with one attached hydrogen (secondary N) is 1. The van der Waals surface area contributed by atoms with E-state index >= 15 is 0 Å². The van der Waals surface area contributed by atoms with Crippen LogP contribution in [0.3, 0.4) is 0 Å². The highest BCUT2D eigenvalue weighted by Crippen LogP contribution is 2.14. The number of fused-ring (bicyclic) bond motifs is 1. The van der Waals surface area contributed by atoms with Gasteiger partial charge in [-0.05, 0) is 18.2 Å². The van der Waals surface area contributed by atoms with Gasteiger partial charge in [0.2, 0.25) is 5.91 Å². The normalized spacial score (nSPS) is 10.5. The summed E-state index contributed by atoms with van der Waals surface area (Å²) in [5.74, 6) is 3.18. The predicted molar refractivity (Wildman–Crippen MR) is 98.5 cm³/mol. The molecule has 0 unspecified atom stereocenters. The van der Waals surface area contributed by atoms with Crippen molar-refractivity contribution in [3.63, 3.8) is 0 Å². The lowest BCUT2D eigenvalue weighted by Gasteiger charge is -2.05. The fourth-order valence-electron chi connectivity index (χ4n) is 2.09. The van der Waals surface area contributed by atoms with Gasteiger partial charge in [0.15, 0.2) is 4.96 Å². The first-order chi connectivity index (χ1) is 11.7. The van der Waals surface area contributed by atoms with Crippen LogP contribution in [0, 0.1) is 12.3 Å². The van der Waals surface area contributed by atoms with E-state index in [1.807, 2.05) is 5.38 Å². The number of aromatic nitrogens is 2. The van der Waals surface area contributed by atoms with Gasteiger partial charge >= 0.3 is 0 Å². The summed E-state index contributed by atoms with van der Waals surface area (Å²) in [5.41, 5.74) is 1.96. The standard InChI is InChI=1S/C17H13N3O2S2/c1-2-12-4-3-5-13(8-12)18-15(21)11-23-10-14-9-16(22)20-6-7-24-17(20)19-14/h1,3-9H,10-11H2,(H,18,21). The van der Waals surface area contributed by atoms with Crippen molar-refractivity contribution in [1.82, 2.24) is 9.38 Å². The van der Waals surface area contributed by atoms with Gasteiger partial charge in [-0.3, -0.25) is 14.0 Å². The Kier molecular flexibility index (Phi) is 4.99. The zero-order chi connectivity index (χ0) is 16.9. The van der Waals surface area contributed by atoms with Crippen LogP contribution in [0.1, 0.15) is 11.3 Å². The Morgan fingerprint density at radius 3 is 3.12 bits per heavy atom. The van der Waals surface area contributed by atoms with Crippen LogP contribution in [0.25, 0.3) is 4.96 Å². The van der Waals surface area contributed by atoms with E-state index in [0.29, 0.717) is 22.1 Å². The Morgan fingerprint density at radius 2 is 2.29 bits per heavy atom. The molecule has 24 heavy (non-hydrogen) atoms. The first-order valence-corrected chi connectivity index (χ1v) is 9.09. The molecule has 0 aliphatic heterocycles. The minimum atomic E-state index is -0.122. The van der Waals surface area contributed by atoms with Gasteiger partial charge in [0.05, 0.1) is 11.4 Å². The third kappa shape index (κ3) is 3.85. The highest BCUT2D eigenvalue weighted by atomic mass is 32.2. The van der Waals surface area contributed by atoms with Gasteiger partial charge in [-0.15, -0.1) is 29.5 Å². The number of terminal acetylenes is 1. The van der Waals surface area contributed by atoms with Crippen LogP contribution in [-0.2, 0) is 10.5 Å². The van der Waals surface area contributed by atoms with Gasteiger partial charge in [-0.2, -0.15) is 0 Å². The molecule has 1 amide bonds. The van der Waals surface area contributed by atoms with E-state index in [2.05, 4.69) is 16.2 Å². The number of carbonyl (C=O) groups is 1. The quantitative estimate of drug-likeness (QED) is 0.715. The molecule has 0 spiro atoms. The average molecular weight is 355 g/mol. The topological polar surface area (TPSA) is 63.5 Å². The number of hydrogen-bond donors (Lipinski definition) is 1. The summed E-state index contributed by atoms with van der Waals surface area (Å²) >= 11 is 2.81. The summed E-state index contributed by atoms with van der Waals surface area (Å²) in [4.78, 5) is 28.9. The number of amides is 1. The third-order valence-electron chi connectivity index (χ3n) is 3.15. The maximum absolute atomic E-state index is 12.0. The highest BCUT2D eigenvalue weighted by Gasteiger charge is 2.06. The molecule has 120 valence electrons. The zero-order valence-electron chi connectivity index (χ0n) is 12.6. The number of benzene rings is 1. The average Bonchev–Trinajstić information content (AvgIpc) is 3.04. The highest BCUT2D eigenvalue weighted by molar-refractivity contribution is 7.99. The Morgan fingerprint density at radius 1 is 1.42 bits per heavy atom. The minimum Gasteiger partial charge on any atom is -0.325 e. The molecule has 0 aliphatic rings. The van der Waals surface area contributed by atoms with Gasteiger partial charge < -0.3 is 5.32 Å². The molecule has 0 radical (unpaired) electrons. The molecule has 0 fully saturated rings. The van der Waals surface area contributed by atoms with Crippen LogP contribution in [0.15, 0.2) is 46.7 Å². The maximum Gasteiger partial charge on any atom is 0.258 e. The summed E-state index contributed by atoms with van der Waals surface area (Å²) in [6.07, 6.45) is 7.04. The molecule has 1 N–H and O–H groups in total. The minimum absolute atomic E-state index is 0.104. The lowest BCUT2D eigenvalue weighted by Crippen LogP contribution is -2.15. The number of thioether (sulfide) groups is 1. The van der Waals surface area contributed by atoms with Crippen molar-refractivity contribution in [2.75, 3.05) is 11.1 Å². The number of thiazole rings is 1. The fraction of sp³-hybridized carbons (Fsp3) is 0.118. The molecule has 2 aromatic heterocycles. The predicted octanol–water partition coefficient (Wildman–Crippen LogP) is 2.61. The van der Waals surface area contributed by atoms with Crippen molar-refractivity contribution >= 4 is 39.7 Å². The van der Waals surface area contributed by atoms with E-state index in [4.69, 9.17) is 6.42 Å². The zero-order valence-corrected chi connectivity index (χ0v) is 14.2. The molecule has 0 saturated carbocycles. The van der Waals surface area contributed by atoms with Crippen LogP contribution in [0.5, 0.6) is 0 Å². The van der Waals surface area contributed by atoms with E-state index in [-0.39, 0.29) is 17.2 Å². The summed E-state index contributed by atoms with van der Waals surface area (Å²) in [6.45, 7) is 0. The molecule has 2 heterocycles. The lowest BCUT2D eigenvalue weighted by molar-refractivity contribution is -0.113. The third-order valence-corrected chi connectivity index (χ3v) is 4.88. The Labute approximate surface area is 146 Å². The molecular formula is C17H13N3O2S2. The maximum atomic E-state index is 12.0. The molecule has 3 rings (SSSR count). The van der Waals surface area contributed by atoms with Gasteiger partial charge in [0.25, 0.3) is 5.56 Å². The molecule has 0 atom stereocenters. The second-order valence-corrected chi connectivity index (χ2v) is 6.77. The van der Waals surface area contributed by atoms with Crippen molar-refractivity contribution < 1.29 is 4.79 Å². The van der Waals surface area contributed by atoms with Crippen LogP contribution < -0.4 is 10.9 Å². The number of carbonyl (C=O) groups excluding carboxylic acids is 1. The first kappa shape index (κ1) is 16.3. The van der Waals surface area contributed by atoms with E-state index in [1.165, 1.54) is 33.6 Å². The summed E-state index contributed by atoms with van der Waals surface area (Å²) < 4.78 is 1.50. The van der Waals surface area contributed by atoms with Gasteiger partial charge in [-0.25, -0.2) is 4.98 Å². The second kappa shape index (κ2) is 7.34. The largest absolute Gasteiger partial charge is 0.325 e. The molecule has 7 heteroatoms. The van der Waals surface area contributed by atoms with E-state index < -0.39 is 0 Å². The van der Waals surface area contributed by atoms with Crippen molar-refractivity contribution in [2.45, 2.75) is 5.75 Å². The summed E-state index contributed by atoms with van der Waals surface area (Å²) in [7, 11) is 0. The molecule has 0 bridgehead atoms. The summed E-state index contributed by atoms with van der Waals surface area (Å²) in [6, 6.07) is 8.63. The van der Waals surface area contributed by atoms with Crippen molar-refractivity contribution in [2.24, 2.45) is 0 Å². The SMILES string of the molecule is C#Cc1cccc(NC(=O)CSCc2cc(=O)n3ccsc3n2)c1. The number of rotatable bonds is 5. The Hall–Kier alpha value is -2.56. The first-order valence-electron chi connectivity index (χ1n) is 7.06. The van der Waals surface area contributed by atoms with Crippen molar-refractivity contribution in [3.05, 3.63) is 63.5 Å². The summed E-state index contributed by atoms with van der Waals surface area (Å²) in [5, 5.41) is 4.62. The Bertz CT molecular complexity index is 985. The number of hydrogen-bond acceptors (Lipinski definition) is 5. The van der Waals surface area contributed by atoms with E-state index in [1.54, 1.807) is 30.5 Å². The second-order valence-electron chi connectivity index (χ2n) is 4.91. The molecule has 0 saturated heterocycles. The number of anilines is 1. The number of nitrogens with zero attached hydrogens (tertiary/aromatic N) is 2. The van der Waals surface area contributed by atoms with Gasteiger partial charge in [-0.1, -0.05) is 12.0 Å². The molecule has 1 aromatic carbocycles. The van der Waals surface area contributed by atoms with E-state index in [9.17, 15) is 9.59 Å². The fourth-order valence-corrected chi connectivity index (χ4v) is 3.55. The van der Waals surface area contributed by atoms with Crippen molar-refractivity contribution in [3.8, 4) is 12.3 Å². The Balaban J connectivity index is 1.56. The van der Waals surface area contributed by atoms with E-state index in [0.717, 1.165) is 5.56 Å². The van der Waals surface area contributed by atoms with Crippen LogP contribution >= 0.6 is 23.1 Å². The monoisotopic (exact) mass is 355 g/mol. The molecule has 5 nitrogen and oxygen atoms in total. The van der Waals surface area contributed by atoms with Crippen molar-refractivity contribution in [1.29, 1.82) is 0 Å². The van der Waals surface area contributed by atoms with Gasteiger partial charge in [0, 0.05) is 34.6 Å². The molecule has 0 aliphatic carbocycles. The molecular weight excluding hydrogens is 342 g/mol. The lowest BCUT2D eigenvalue weighted by atomic mass is 10.2. The van der Waals surface area contributed by atoms with Crippen LogP contribution in [0.4, 0.5) is 5.69 Å².